The number of nitro groups is 1. The Labute approximate surface area is 188 Å². The summed E-state index contributed by atoms with van der Waals surface area (Å²) in [5, 5.41) is 28.7. The number of hydrogen-bond donors (Lipinski definition) is 2. The van der Waals surface area contributed by atoms with Crippen molar-refractivity contribution in [3.8, 4) is 17.0 Å². The van der Waals surface area contributed by atoms with Gasteiger partial charge in [-0.25, -0.2) is 8.42 Å². The van der Waals surface area contributed by atoms with Crippen LogP contribution in [0.2, 0.25) is 0 Å². The van der Waals surface area contributed by atoms with Crippen LogP contribution >= 0.6 is 0 Å². The molecular formula is C22H20N4O6S. The molecule has 0 bridgehead atoms. The molecule has 1 aromatic heterocycles. The van der Waals surface area contributed by atoms with Crippen LogP contribution in [0.25, 0.3) is 11.3 Å². The Kier molecular flexibility index (Phi) is 4.74. The molecule has 170 valence electrons. The van der Waals surface area contributed by atoms with E-state index < -0.39 is 26.8 Å². The highest BCUT2D eigenvalue weighted by Gasteiger charge is 2.48. The van der Waals surface area contributed by atoms with Gasteiger partial charge in [0, 0.05) is 29.3 Å². The maximum Gasteiger partial charge on any atom is 0.273 e. The summed E-state index contributed by atoms with van der Waals surface area (Å²) >= 11 is 0. The van der Waals surface area contributed by atoms with Crippen LogP contribution in [0.1, 0.15) is 39.6 Å². The normalized spacial score (nSPS) is 21.4. The van der Waals surface area contributed by atoms with Crippen molar-refractivity contribution in [2.24, 2.45) is 0 Å². The number of aryl methyl sites for hydroxylation is 1. The largest absolute Gasteiger partial charge is 0.507 e. The Hall–Kier alpha value is -3.73. The standard InChI is InChI=1S/C22H20N4O6S/c1-12-2-7-17(27)16(10-12)19-18-20(24-23-19)22(28)25(15-8-9-33(31,32)11-15)21(18)13-3-5-14(6-4-13)26(29)30/h2-7,10,15,21,27H,8-9,11H2,1H3,(H,23,24). The molecule has 11 heteroatoms. The van der Waals surface area contributed by atoms with Crippen LogP contribution in [0.15, 0.2) is 42.5 Å². The van der Waals surface area contributed by atoms with Crippen molar-refractivity contribution in [3.63, 3.8) is 0 Å². The summed E-state index contributed by atoms with van der Waals surface area (Å²) in [5.74, 6) is -0.551. The van der Waals surface area contributed by atoms with Crippen LogP contribution in [-0.2, 0) is 9.84 Å². The molecule has 2 N–H and O–H groups in total. The average Bonchev–Trinajstić information content (AvgIpc) is 3.43. The van der Waals surface area contributed by atoms with Crippen LogP contribution in [0.4, 0.5) is 5.69 Å². The fraction of sp³-hybridized carbons (Fsp3) is 0.273. The van der Waals surface area contributed by atoms with Crippen molar-refractivity contribution >= 4 is 21.4 Å². The number of phenolic OH excluding ortho intramolecular Hbond substituents is 1. The van der Waals surface area contributed by atoms with E-state index in [0.717, 1.165) is 5.56 Å². The Morgan fingerprint density at radius 2 is 1.94 bits per heavy atom. The van der Waals surface area contributed by atoms with Crippen LogP contribution in [0.5, 0.6) is 5.75 Å². The smallest absolute Gasteiger partial charge is 0.273 e. The number of phenols is 1. The van der Waals surface area contributed by atoms with Gasteiger partial charge in [-0.3, -0.25) is 20.0 Å². The number of nitrogens with one attached hydrogen (secondary N) is 1. The molecule has 2 aromatic carbocycles. The molecule has 10 nitrogen and oxygen atoms in total. The van der Waals surface area contributed by atoms with E-state index in [9.17, 15) is 28.4 Å². The second kappa shape index (κ2) is 7.41. The number of aromatic hydroxyl groups is 1. The van der Waals surface area contributed by atoms with Crippen LogP contribution < -0.4 is 0 Å². The van der Waals surface area contributed by atoms with E-state index >= 15 is 0 Å². The second-order valence-corrected chi connectivity index (χ2v) is 10.6. The van der Waals surface area contributed by atoms with Gasteiger partial charge in [-0.05, 0) is 43.2 Å². The van der Waals surface area contributed by atoms with Gasteiger partial charge in [0.25, 0.3) is 11.6 Å². The highest BCUT2D eigenvalue weighted by molar-refractivity contribution is 7.91. The monoisotopic (exact) mass is 468 g/mol. The quantitative estimate of drug-likeness (QED) is 0.442. The number of benzene rings is 2. The Bertz CT molecular complexity index is 1400. The van der Waals surface area contributed by atoms with Gasteiger partial charge in [0.05, 0.1) is 22.5 Å². The molecule has 3 heterocycles. The van der Waals surface area contributed by atoms with Gasteiger partial charge in [0.2, 0.25) is 0 Å². The van der Waals surface area contributed by atoms with Crippen molar-refractivity contribution in [2.45, 2.75) is 25.4 Å². The lowest BCUT2D eigenvalue weighted by atomic mass is 9.94. The molecule has 1 saturated heterocycles. The number of amides is 1. The zero-order chi connectivity index (χ0) is 23.5. The highest BCUT2D eigenvalue weighted by atomic mass is 32.2. The van der Waals surface area contributed by atoms with Gasteiger partial charge in [-0.15, -0.1) is 0 Å². The first kappa shape index (κ1) is 21.1. The average molecular weight is 468 g/mol. The summed E-state index contributed by atoms with van der Waals surface area (Å²) < 4.78 is 24.4. The van der Waals surface area contributed by atoms with Crippen molar-refractivity contribution < 1.29 is 23.2 Å². The molecular weight excluding hydrogens is 448 g/mol. The molecule has 33 heavy (non-hydrogen) atoms. The van der Waals surface area contributed by atoms with Gasteiger partial charge in [-0.1, -0.05) is 11.6 Å². The van der Waals surface area contributed by atoms with Crippen molar-refractivity contribution in [1.29, 1.82) is 0 Å². The number of carbonyl (C=O) groups excluding carboxylic acids is 1. The zero-order valence-electron chi connectivity index (χ0n) is 17.6. The number of fused-ring (bicyclic) bond motifs is 1. The third kappa shape index (κ3) is 3.44. The third-order valence-electron chi connectivity index (χ3n) is 6.23. The summed E-state index contributed by atoms with van der Waals surface area (Å²) in [6.07, 6.45) is 0.306. The maximum atomic E-state index is 13.4. The highest BCUT2D eigenvalue weighted by Crippen LogP contribution is 2.46. The molecule has 0 radical (unpaired) electrons. The molecule has 5 rings (SSSR count). The molecule has 2 aliphatic rings. The van der Waals surface area contributed by atoms with E-state index in [2.05, 4.69) is 10.2 Å². The fourth-order valence-corrected chi connectivity index (χ4v) is 6.40. The first-order valence-electron chi connectivity index (χ1n) is 10.3. The van der Waals surface area contributed by atoms with E-state index in [-0.39, 0.29) is 34.5 Å². The summed E-state index contributed by atoms with van der Waals surface area (Å²) in [5.41, 5.74) is 2.93. The molecule has 1 fully saturated rings. The third-order valence-corrected chi connectivity index (χ3v) is 7.98. The lowest BCUT2D eigenvalue weighted by Crippen LogP contribution is -2.40. The number of rotatable bonds is 4. The minimum atomic E-state index is -3.27. The van der Waals surface area contributed by atoms with Crippen molar-refractivity contribution in [1.82, 2.24) is 15.1 Å². The SMILES string of the molecule is Cc1ccc(O)c(-c2n[nH]c3c2C(c2ccc([N+](=O)[O-])cc2)N(C2CCS(=O)(=O)C2)C3=O)c1. The minimum Gasteiger partial charge on any atom is -0.507 e. The van der Waals surface area contributed by atoms with E-state index in [4.69, 9.17) is 0 Å². The second-order valence-electron chi connectivity index (χ2n) is 8.40. The molecule has 2 unspecified atom stereocenters. The van der Waals surface area contributed by atoms with Crippen molar-refractivity contribution in [3.05, 3.63) is 75.0 Å². The molecule has 3 aromatic rings. The lowest BCUT2D eigenvalue weighted by molar-refractivity contribution is -0.384. The summed E-state index contributed by atoms with van der Waals surface area (Å²) in [6.45, 7) is 1.87. The Morgan fingerprint density at radius 1 is 1.21 bits per heavy atom. The van der Waals surface area contributed by atoms with Crippen LogP contribution in [0, 0.1) is 17.0 Å². The minimum absolute atomic E-state index is 0.00769. The predicted molar refractivity (Wildman–Crippen MR) is 119 cm³/mol. The number of sulfone groups is 1. The van der Waals surface area contributed by atoms with Gasteiger partial charge in [0.1, 0.15) is 17.1 Å². The van der Waals surface area contributed by atoms with Gasteiger partial charge >= 0.3 is 0 Å². The number of nitro benzene ring substituents is 1. The van der Waals surface area contributed by atoms with E-state index in [1.54, 1.807) is 30.3 Å². The van der Waals surface area contributed by atoms with Crippen molar-refractivity contribution in [2.75, 3.05) is 11.5 Å². The van der Waals surface area contributed by atoms with Crippen LogP contribution in [0.3, 0.4) is 0 Å². The number of carbonyl (C=O) groups is 1. The lowest BCUT2D eigenvalue weighted by Gasteiger charge is -2.31. The Balaban J connectivity index is 1.69. The molecule has 0 spiro atoms. The fourth-order valence-electron chi connectivity index (χ4n) is 4.69. The topological polar surface area (TPSA) is 146 Å². The van der Waals surface area contributed by atoms with Gasteiger partial charge in [0.15, 0.2) is 9.84 Å². The van der Waals surface area contributed by atoms with E-state index in [1.165, 1.54) is 17.0 Å². The number of hydrogen-bond acceptors (Lipinski definition) is 7. The van der Waals surface area contributed by atoms with Gasteiger partial charge in [-0.2, -0.15) is 5.10 Å². The first-order valence-corrected chi connectivity index (χ1v) is 12.1. The van der Waals surface area contributed by atoms with E-state index in [0.29, 0.717) is 28.8 Å². The maximum absolute atomic E-state index is 13.4. The number of aromatic amines is 1. The molecule has 0 aliphatic carbocycles. The number of H-pyrrole nitrogens is 1. The summed E-state index contributed by atoms with van der Waals surface area (Å²) in [4.78, 5) is 25.6. The molecule has 2 atom stereocenters. The molecule has 2 aliphatic heterocycles. The number of non-ortho nitro benzene ring substituents is 1. The zero-order valence-corrected chi connectivity index (χ0v) is 18.4. The van der Waals surface area contributed by atoms with Gasteiger partial charge < -0.3 is 10.0 Å². The number of aromatic nitrogens is 2. The predicted octanol–water partition coefficient (Wildman–Crippen LogP) is 2.73. The molecule has 1 amide bonds. The molecule has 0 saturated carbocycles. The van der Waals surface area contributed by atoms with E-state index in [1.807, 2.05) is 6.92 Å². The first-order chi connectivity index (χ1) is 15.7. The number of nitrogens with zero attached hydrogens (tertiary/aromatic N) is 3. The van der Waals surface area contributed by atoms with Crippen LogP contribution in [-0.4, -0.2) is 57.0 Å². The Morgan fingerprint density at radius 3 is 2.58 bits per heavy atom. The summed E-state index contributed by atoms with van der Waals surface area (Å²) in [6, 6.07) is 9.64. The summed E-state index contributed by atoms with van der Waals surface area (Å²) in [7, 11) is -3.27.